The predicted molar refractivity (Wildman–Crippen MR) is 104 cm³/mol. The summed E-state index contributed by atoms with van der Waals surface area (Å²) in [6, 6.07) is 20.0. The van der Waals surface area contributed by atoms with Crippen molar-refractivity contribution in [1.29, 1.82) is 0 Å². The fourth-order valence-electron chi connectivity index (χ4n) is 3.90. The first-order valence-corrected chi connectivity index (χ1v) is 10.9. The van der Waals surface area contributed by atoms with E-state index in [1.165, 1.54) is 12.0 Å². The maximum absolute atomic E-state index is 12.7. The predicted octanol–water partition coefficient (Wildman–Crippen LogP) is 3.23. The molecule has 26 heavy (non-hydrogen) atoms. The van der Waals surface area contributed by atoms with Gasteiger partial charge in [0.2, 0.25) is 10.0 Å². The van der Waals surface area contributed by atoms with Gasteiger partial charge in [-0.25, -0.2) is 8.42 Å². The molecule has 1 saturated heterocycles. The van der Waals surface area contributed by atoms with Crippen LogP contribution < -0.4 is 5.32 Å². The first kappa shape index (κ1) is 17.7. The summed E-state index contributed by atoms with van der Waals surface area (Å²) in [5.74, 6) is 1.21. The van der Waals surface area contributed by atoms with E-state index < -0.39 is 10.0 Å². The summed E-state index contributed by atoms with van der Waals surface area (Å²) >= 11 is 0. The molecule has 138 valence electrons. The molecule has 2 aliphatic rings. The van der Waals surface area contributed by atoms with Gasteiger partial charge in [0.1, 0.15) is 0 Å². The molecule has 4 rings (SSSR count). The third kappa shape index (κ3) is 3.85. The lowest BCUT2D eigenvalue weighted by molar-refractivity contribution is 0.266. The molecule has 1 aliphatic heterocycles. The van der Waals surface area contributed by atoms with Crippen molar-refractivity contribution in [3.05, 3.63) is 66.2 Å². The van der Waals surface area contributed by atoms with Crippen molar-refractivity contribution in [3.63, 3.8) is 0 Å². The minimum atomic E-state index is -3.34. The van der Waals surface area contributed by atoms with Gasteiger partial charge >= 0.3 is 0 Å². The van der Waals surface area contributed by atoms with Crippen LogP contribution in [-0.2, 0) is 10.0 Å². The number of sulfonamides is 1. The summed E-state index contributed by atoms with van der Waals surface area (Å²) in [5.41, 5.74) is 1.42. The summed E-state index contributed by atoms with van der Waals surface area (Å²) < 4.78 is 27.0. The number of nitrogens with zero attached hydrogens (tertiary/aromatic N) is 1. The summed E-state index contributed by atoms with van der Waals surface area (Å²) in [5, 5.41) is 3.69. The first-order valence-electron chi connectivity index (χ1n) is 9.48. The summed E-state index contributed by atoms with van der Waals surface area (Å²) in [6.45, 7) is 2.24. The smallest absolute Gasteiger partial charge is 0.243 e. The molecule has 0 radical (unpaired) electrons. The number of rotatable bonds is 6. The summed E-state index contributed by atoms with van der Waals surface area (Å²) in [7, 11) is -3.34. The van der Waals surface area contributed by atoms with Crippen molar-refractivity contribution < 1.29 is 8.42 Å². The molecule has 1 heterocycles. The van der Waals surface area contributed by atoms with E-state index in [1.807, 2.05) is 6.07 Å². The highest BCUT2D eigenvalue weighted by Gasteiger charge is 2.38. The van der Waals surface area contributed by atoms with Crippen LogP contribution >= 0.6 is 0 Å². The van der Waals surface area contributed by atoms with Gasteiger partial charge < -0.3 is 5.32 Å². The second-order valence-electron chi connectivity index (χ2n) is 7.43. The van der Waals surface area contributed by atoms with Crippen molar-refractivity contribution >= 4 is 10.0 Å². The Bertz CT molecular complexity index is 816. The quantitative estimate of drug-likeness (QED) is 0.849. The van der Waals surface area contributed by atoms with Crippen LogP contribution in [-0.4, -0.2) is 38.4 Å². The zero-order valence-corrected chi connectivity index (χ0v) is 15.7. The van der Waals surface area contributed by atoms with Crippen LogP contribution in [0.2, 0.25) is 0 Å². The minimum Gasteiger partial charge on any atom is -0.313 e. The van der Waals surface area contributed by atoms with E-state index in [4.69, 9.17) is 0 Å². The Hall–Kier alpha value is -1.69. The van der Waals surface area contributed by atoms with Crippen molar-refractivity contribution in [2.75, 3.05) is 19.6 Å². The largest absolute Gasteiger partial charge is 0.313 e. The molecule has 0 aromatic heterocycles. The molecule has 2 unspecified atom stereocenters. The molecule has 5 heteroatoms. The van der Waals surface area contributed by atoms with Crippen LogP contribution in [0.1, 0.15) is 30.7 Å². The zero-order valence-electron chi connectivity index (χ0n) is 14.9. The standard InChI is InChI=1S/C21H26N2O2S/c24-26(25,19-9-5-2-6-10-19)23-13-11-17(12-14-23)16-22-21-15-20(21)18-7-3-1-4-8-18/h1-10,17,20-22H,11-16H2. The number of piperidine rings is 1. The molecule has 2 aromatic carbocycles. The lowest BCUT2D eigenvalue weighted by atomic mass is 9.98. The number of nitrogens with one attached hydrogen (secondary N) is 1. The van der Waals surface area contributed by atoms with Crippen molar-refractivity contribution in [3.8, 4) is 0 Å². The second-order valence-corrected chi connectivity index (χ2v) is 9.37. The molecule has 2 aromatic rings. The van der Waals surface area contributed by atoms with Crippen LogP contribution in [0, 0.1) is 5.92 Å². The number of hydrogen-bond acceptors (Lipinski definition) is 3. The monoisotopic (exact) mass is 370 g/mol. The van der Waals surface area contributed by atoms with Gasteiger partial charge in [-0.05, 0) is 49.4 Å². The van der Waals surface area contributed by atoms with Gasteiger partial charge in [-0.2, -0.15) is 4.31 Å². The van der Waals surface area contributed by atoms with E-state index in [0.29, 0.717) is 35.9 Å². The molecule has 2 fully saturated rings. The van der Waals surface area contributed by atoms with Crippen molar-refractivity contribution in [2.45, 2.75) is 36.1 Å². The Morgan fingerprint density at radius 2 is 1.54 bits per heavy atom. The van der Waals surface area contributed by atoms with Crippen molar-refractivity contribution in [1.82, 2.24) is 9.62 Å². The Morgan fingerprint density at radius 3 is 2.19 bits per heavy atom. The maximum Gasteiger partial charge on any atom is 0.243 e. The first-order chi connectivity index (χ1) is 12.6. The Labute approximate surface area is 156 Å². The Kier molecular flexibility index (Phi) is 5.11. The molecule has 1 aliphatic carbocycles. The van der Waals surface area contributed by atoms with Gasteiger partial charge in [0, 0.05) is 25.0 Å². The molecule has 4 nitrogen and oxygen atoms in total. The van der Waals surface area contributed by atoms with E-state index in [1.54, 1.807) is 28.6 Å². The molecule has 0 amide bonds. The van der Waals surface area contributed by atoms with E-state index >= 15 is 0 Å². The molecule has 2 atom stereocenters. The molecule has 1 N–H and O–H groups in total. The lowest BCUT2D eigenvalue weighted by Gasteiger charge is -2.31. The van der Waals surface area contributed by atoms with Crippen LogP contribution in [0.25, 0.3) is 0 Å². The van der Waals surface area contributed by atoms with Crippen LogP contribution in [0.15, 0.2) is 65.6 Å². The van der Waals surface area contributed by atoms with E-state index in [-0.39, 0.29) is 0 Å². The topological polar surface area (TPSA) is 49.4 Å². The Morgan fingerprint density at radius 1 is 0.923 bits per heavy atom. The molecule has 0 spiro atoms. The highest BCUT2D eigenvalue weighted by atomic mass is 32.2. The number of hydrogen-bond donors (Lipinski definition) is 1. The van der Waals surface area contributed by atoms with Gasteiger partial charge in [0.05, 0.1) is 4.90 Å². The summed E-state index contributed by atoms with van der Waals surface area (Å²) in [6.07, 6.45) is 3.08. The summed E-state index contributed by atoms with van der Waals surface area (Å²) in [4.78, 5) is 0.403. The molecule has 1 saturated carbocycles. The van der Waals surface area contributed by atoms with Gasteiger partial charge in [0.25, 0.3) is 0 Å². The minimum absolute atomic E-state index is 0.403. The highest BCUT2D eigenvalue weighted by Crippen LogP contribution is 2.40. The normalized spacial score (nSPS) is 24.5. The average molecular weight is 371 g/mol. The second kappa shape index (κ2) is 7.51. The lowest BCUT2D eigenvalue weighted by Crippen LogP contribution is -2.41. The van der Waals surface area contributed by atoms with Crippen LogP contribution in [0.4, 0.5) is 0 Å². The number of benzene rings is 2. The van der Waals surface area contributed by atoms with Crippen LogP contribution in [0.3, 0.4) is 0 Å². The van der Waals surface area contributed by atoms with E-state index in [0.717, 1.165) is 19.4 Å². The Balaban J connectivity index is 1.25. The molecule has 0 bridgehead atoms. The van der Waals surface area contributed by atoms with Gasteiger partial charge in [-0.1, -0.05) is 48.5 Å². The van der Waals surface area contributed by atoms with Crippen LogP contribution in [0.5, 0.6) is 0 Å². The van der Waals surface area contributed by atoms with E-state index in [9.17, 15) is 8.42 Å². The van der Waals surface area contributed by atoms with Gasteiger partial charge in [-0.15, -0.1) is 0 Å². The zero-order chi connectivity index (χ0) is 18.0. The molecular weight excluding hydrogens is 344 g/mol. The SMILES string of the molecule is O=S(=O)(c1ccccc1)N1CCC(CNC2CC2c2ccccc2)CC1. The molecular formula is C21H26N2O2S. The van der Waals surface area contributed by atoms with E-state index in [2.05, 4.69) is 35.6 Å². The van der Waals surface area contributed by atoms with Gasteiger partial charge in [-0.3, -0.25) is 0 Å². The average Bonchev–Trinajstić information content (AvgIpc) is 3.48. The van der Waals surface area contributed by atoms with Crippen molar-refractivity contribution in [2.24, 2.45) is 5.92 Å². The fraction of sp³-hybridized carbons (Fsp3) is 0.429. The van der Waals surface area contributed by atoms with Gasteiger partial charge in [0.15, 0.2) is 0 Å². The third-order valence-corrected chi connectivity index (χ3v) is 7.55. The highest BCUT2D eigenvalue weighted by molar-refractivity contribution is 7.89. The third-order valence-electron chi connectivity index (χ3n) is 5.64. The maximum atomic E-state index is 12.7. The fourth-order valence-corrected chi connectivity index (χ4v) is 5.39.